The topological polar surface area (TPSA) is 98.7 Å². The molecule has 3 N–H and O–H groups in total. The van der Waals surface area contributed by atoms with Crippen LogP contribution in [0, 0.1) is 6.92 Å². The molecule has 0 fully saturated rings. The van der Waals surface area contributed by atoms with E-state index < -0.39 is 0 Å². The van der Waals surface area contributed by atoms with Crippen molar-refractivity contribution >= 4 is 29.0 Å². The normalized spacial score (nSPS) is 11.9. The summed E-state index contributed by atoms with van der Waals surface area (Å²) in [6, 6.07) is 17.4. The average molecular weight is 437 g/mol. The third kappa shape index (κ3) is 4.52. The molecule has 0 saturated heterocycles. The zero-order valence-electron chi connectivity index (χ0n) is 16.2. The molecule has 0 spiro atoms. The van der Waals surface area contributed by atoms with Crippen LogP contribution in [0.5, 0.6) is 0 Å². The Hall–Kier alpha value is -3.17. The smallest absolute Gasteiger partial charge is 0.231 e. The molecule has 1 unspecified atom stereocenters. The third-order valence-corrected chi connectivity index (χ3v) is 6.23. The Bertz CT molecular complexity index is 1110. The van der Waals surface area contributed by atoms with Gasteiger partial charge in [0.15, 0.2) is 5.82 Å². The van der Waals surface area contributed by atoms with E-state index in [1.54, 1.807) is 6.20 Å². The molecule has 0 saturated carbocycles. The Morgan fingerprint density at radius 2 is 1.93 bits per heavy atom. The standard InChI is InChI=1S/C21H20N6OS2/c1-14-7-9-16(10-8-14)19-25-26-21(27(19)22)30-13-17(28)24-18(20-23-11-12-29-20)15-5-3-2-4-6-15/h2-12,18H,13,22H2,1H3,(H,24,28). The van der Waals surface area contributed by atoms with Gasteiger partial charge in [-0.05, 0) is 12.5 Å². The van der Waals surface area contributed by atoms with Crippen LogP contribution in [0.25, 0.3) is 11.4 Å². The molecule has 7 nitrogen and oxygen atoms in total. The molecule has 4 aromatic rings. The average Bonchev–Trinajstić information content (AvgIpc) is 3.42. The van der Waals surface area contributed by atoms with E-state index in [-0.39, 0.29) is 17.7 Å². The van der Waals surface area contributed by atoms with Crippen LogP contribution < -0.4 is 11.2 Å². The first-order chi connectivity index (χ1) is 14.6. The molecule has 9 heteroatoms. The number of thioether (sulfide) groups is 1. The molecule has 4 rings (SSSR count). The number of thiazole rings is 1. The Morgan fingerprint density at radius 3 is 2.63 bits per heavy atom. The van der Waals surface area contributed by atoms with E-state index in [1.165, 1.54) is 27.8 Å². The number of benzene rings is 2. The first kappa shape index (κ1) is 20.1. The number of carbonyl (C=O) groups excluding carboxylic acids is 1. The van der Waals surface area contributed by atoms with Crippen LogP contribution in [-0.4, -0.2) is 31.5 Å². The fourth-order valence-corrected chi connectivity index (χ4v) is 4.30. The molecular weight excluding hydrogens is 416 g/mol. The number of rotatable bonds is 7. The number of nitrogen functional groups attached to an aromatic ring is 1. The van der Waals surface area contributed by atoms with Gasteiger partial charge in [-0.3, -0.25) is 4.79 Å². The van der Waals surface area contributed by atoms with Crippen molar-refractivity contribution in [2.75, 3.05) is 11.6 Å². The van der Waals surface area contributed by atoms with Crippen molar-refractivity contribution in [2.45, 2.75) is 18.1 Å². The van der Waals surface area contributed by atoms with E-state index in [2.05, 4.69) is 20.5 Å². The summed E-state index contributed by atoms with van der Waals surface area (Å²) in [4.78, 5) is 17.0. The van der Waals surface area contributed by atoms with E-state index in [1.807, 2.05) is 66.9 Å². The molecule has 30 heavy (non-hydrogen) atoms. The Balaban J connectivity index is 1.44. The molecule has 0 bridgehead atoms. The molecule has 1 amide bonds. The number of carbonyl (C=O) groups is 1. The van der Waals surface area contributed by atoms with Gasteiger partial charge >= 0.3 is 0 Å². The Morgan fingerprint density at radius 1 is 1.17 bits per heavy atom. The number of hydrogen-bond acceptors (Lipinski definition) is 7. The van der Waals surface area contributed by atoms with Crippen molar-refractivity contribution in [3.8, 4) is 11.4 Å². The number of amides is 1. The lowest BCUT2D eigenvalue weighted by atomic mass is 10.1. The summed E-state index contributed by atoms with van der Waals surface area (Å²) in [5.74, 6) is 6.75. The molecule has 0 aliphatic heterocycles. The maximum Gasteiger partial charge on any atom is 0.231 e. The van der Waals surface area contributed by atoms with Crippen LogP contribution in [0.3, 0.4) is 0 Å². The third-order valence-electron chi connectivity index (χ3n) is 4.44. The molecular formula is C21H20N6OS2. The van der Waals surface area contributed by atoms with Gasteiger partial charge < -0.3 is 11.2 Å². The van der Waals surface area contributed by atoms with E-state index in [0.717, 1.165) is 21.7 Å². The minimum Gasteiger partial charge on any atom is -0.342 e. The summed E-state index contributed by atoms with van der Waals surface area (Å²) in [5.41, 5.74) is 3.01. The molecule has 0 radical (unpaired) electrons. The molecule has 0 aliphatic carbocycles. The maximum atomic E-state index is 12.7. The highest BCUT2D eigenvalue weighted by molar-refractivity contribution is 7.99. The first-order valence-electron chi connectivity index (χ1n) is 9.26. The fourth-order valence-electron chi connectivity index (χ4n) is 2.92. The molecule has 2 heterocycles. The van der Waals surface area contributed by atoms with Gasteiger partial charge in [0.1, 0.15) is 11.0 Å². The van der Waals surface area contributed by atoms with Crippen molar-refractivity contribution in [1.29, 1.82) is 0 Å². The van der Waals surface area contributed by atoms with Crippen LogP contribution in [0.4, 0.5) is 0 Å². The lowest BCUT2D eigenvalue weighted by molar-refractivity contribution is -0.119. The van der Waals surface area contributed by atoms with Crippen molar-refractivity contribution < 1.29 is 4.79 Å². The Kier molecular flexibility index (Phi) is 6.10. The number of aryl methyl sites for hydroxylation is 1. The van der Waals surface area contributed by atoms with Crippen LogP contribution in [-0.2, 0) is 4.79 Å². The van der Waals surface area contributed by atoms with Crippen LogP contribution in [0.15, 0.2) is 71.3 Å². The minimum atomic E-state index is -0.293. The van der Waals surface area contributed by atoms with Crippen molar-refractivity contribution in [2.24, 2.45) is 0 Å². The van der Waals surface area contributed by atoms with Gasteiger partial charge in [0.05, 0.1) is 5.75 Å². The fraction of sp³-hybridized carbons (Fsp3) is 0.143. The van der Waals surface area contributed by atoms with E-state index in [0.29, 0.717) is 11.0 Å². The van der Waals surface area contributed by atoms with Crippen molar-refractivity contribution in [1.82, 2.24) is 25.2 Å². The monoisotopic (exact) mass is 436 g/mol. The highest BCUT2D eigenvalue weighted by Gasteiger charge is 2.20. The highest BCUT2D eigenvalue weighted by atomic mass is 32.2. The number of hydrogen-bond donors (Lipinski definition) is 2. The second kappa shape index (κ2) is 9.10. The molecule has 2 aromatic carbocycles. The molecule has 2 aromatic heterocycles. The van der Waals surface area contributed by atoms with Gasteiger partial charge in [-0.1, -0.05) is 71.9 Å². The molecule has 1 atom stereocenters. The summed E-state index contributed by atoms with van der Waals surface area (Å²) in [7, 11) is 0. The predicted molar refractivity (Wildman–Crippen MR) is 120 cm³/mol. The van der Waals surface area contributed by atoms with E-state index >= 15 is 0 Å². The summed E-state index contributed by atoms with van der Waals surface area (Å²) in [5, 5.41) is 14.6. The maximum absolute atomic E-state index is 12.7. The van der Waals surface area contributed by atoms with Gasteiger partial charge in [-0.25, -0.2) is 9.66 Å². The summed E-state index contributed by atoms with van der Waals surface area (Å²) >= 11 is 2.75. The number of nitrogens with zero attached hydrogens (tertiary/aromatic N) is 4. The number of nitrogens with one attached hydrogen (secondary N) is 1. The largest absolute Gasteiger partial charge is 0.342 e. The van der Waals surface area contributed by atoms with Crippen LogP contribution in [0.2, 0.25) is 0 Å². The van der Waals surface area contributed by atoms with Crippen molar-refractivity contribution in [3.63, 3.8) is 0 Å². The predicted octanol–water partition coefficient (Wildman–Crippen LogP) is 3.42. The summed E-state index contributed by atoms with van der Waals surface area (Å²) < 4.78 is 1.41. The highest BCUT2D eigenvalue weighted by Crippen LogP contribution is 2.25. The van der Waals surface area contributed by atoms with Crippen LogP contribution in [0.1, 0.15) is 22.2 Å². The number of aromatic nitrogens is 4. The Labute approximate surface area is 182 Å². The minimum absolute atomic E-state index is 0.135. The van der Waals surface area contributed by atoms with E-state index in [4.69, 9.17) is 5.84 Å². The lowest BCUT2D eigenvalue weighted by Gasteiger charge is -2.17. The van der Waals surface area contributed by atoms with Gasteiger partial charge in [-0.2, -0.15) is 0 Å². The SMILES string of the molecule is Cc1ccc(-c2nnc(SCC(=O)NC(c3ccccc3)c3nccs3)n2N)cc1. The first-order valence-corrected chi connectivity index (χ1v) is 11.1. The molecule has 0 aliphatic rings. The quantitative estimate of drug-likeness (QED) is 0.340. The zero-order valence-corrected chi connectivity index (χ0v) is 17.9. The van der Waals surface area contributed by atoms with Gasteiger partial charge in [-0.15, -0.1) is 21.5 Å². The number of nitrogens with two attached hydrogens (primary N) is 1. The van der Waals surface area contributed by atoms with E-state index in [9.17, 15) is 4.79 Å². The van der Waals surface area contributed by atoms with Gasteiger partial charge in [0.2, 0.25) is 11.1 Å². The van der Waals surface area contributed by atoms with Gasteiger partial charge in [0, 0.05) is 17.1 Å². The van der Waals surface area contributed by atoms with Gasteiger partial charge in [0.25, 0.3) is 0 Å². The second-order valence-electron chi connectivity index (χ2n) is 6.61. The van der Waals surface area contributed by atoms with Crippen LogP contribution >= 0.6 is 23.1 Å². The van der Waals surface area contributed by atoms with Crippen molar-refractivity contribution in [3.05, 3.63) is 82.3 Å². The molecule has 152 valence electrons. The summed E-state index contributed by atoms with van der Waals surface area (Å²) in [6.45, 7) is 2.02. The zero-order chi connectivity index (χ0) is 20.9. The lowest BCUT2D eigenvalue weighted by Crippen LogP contribution is -2.30. The second-order valence-corrected chi connectivity index (χ2v) is 8.48. The summed E-state index contributed by atoms with van der Waals surface area (Å²) in [6.07, 6.45) is 1.74.